The van der Waals surface area contributed by atoms with Crippen LogP contribution in [0.25, 0.3) is 0 Å². The summed E-state index contributed by atoms with van der Waals surface area (Å²) in [6, 6.07) is 0. The number of fused-ring (bicyclic) bond motifs is 1. The number of likely N-dealkylation sites (N-methyl/N-ethyl adjacent to an activating group) is 1. The number of alkyl halides is 1. The van der Waals surface area contributed by atoms with Crippen molar-refractivity contribution in [1.29, 1.82) is 0 Å². The molecule has 0 aromatic carbocycles. The highest BCUT2D eigenvalue weighted by Crippen LogP contribution is 2.43. The fourth-order valence-corrected chi connectivity index (χ4v) is 2.98. The number of likely N-dealkylation sites (tertiary alicyclic amines) is 1. The number of thiophene rings is 1. The smallest absolute Gasteiger partial charge is 0.285 e. The Morgan fingerprint density at radius 2 is 2.26 bits per heavy atom. The lowest BCUT2D eigenvalue weighted by molar-refractivity contribution is -0.217. The van der Waals surface area contributed by atoms with Crippen molar-refractivity contribution in [2.75, 3.05) is 12.8 Å². The number of hydrogen-bond donors (Lipinski definition) is 1. The summed E-state index contributed by atoms with van der Waals surface area (Å²) in [5.41, 5.74) is 6.44. The lowest BCUT2D eigenvalue weighted by Gasteiger charge is -2.37. The van der Waals surface area contributed by atoms with Gasteiger partial charge in [0.25, 0.3) is 11.7 Å². The molecular weight excluding hydrogens is 273 g/mol. The molecule has 8 heteroatoms. The second-order valence-corrected chi connectivity index (χ2v) is 5.50. The van der Waals surface area contributed by atoms with Gasteiger partial charge in [0.1, 0.15) is 0 Å². The second kappa shape index (κ2) is 3.91. The van der Waals surface area contributed by atoms with Crippen LogP contribution in [-0.4, -0.2) is 34.6 Å². The van der Waals surface area contributed by atoms with Gasteiger partial charge in [-0.2, -0.15) is 0 Å². The molecule has 3 heterocycles. The molecule has 1 fully saturated rings. The zero-order valence-electron chi connectivity index (χ0n) is 10.2. The molecule has 2 amide bonds. The number of halogens is 1. The van der Waals surface area contributed by atoms with Crippen molar-refractivity contribution < 1.29 is 18.8 Å². The van der Waals surface area contributed by atoms with E-state index in [4.69, 9.17) is 10.6 Å². The number of nitrogens with zero attached hydrogens (tertiary/aromatic N) is 2. The van der Waals surface area contributed by atoms with Crippen molar-refractivity contribution in [3.8, 4) is 5.75 Å². The number of anilines is 1. The van der Waals surface area contributed by atoms with Crippen molar-refractivity contribution in [2.24, 2.45) is 0 Å². The number of nitrogens with two attached hydrogens (primary N) is 1. The average molecular weight is 285 g/mol. The molecule has 1 saturated heterocycles. The second-order valence-electron chi connectivity index (χ2n) is 4.59. The van der Waals surface area contributed by atoms with E-state index in [1.165, 1.54) is 18.4 Å². The third-order valence-electron chi connectivity index (χ3n) is 3.47. The molecule has 2 aliphatic heterocycles. The van der Waals surface area contributed by atoms with Gasteiger partial charge < -0.3 is 10.6 Å². The van der Waals surface area contributed by atoms with E-state index in [0.29, 0.717) is 16.3 Å². The first-order valence-electron chi connectivity index (χ1n) is 5.75. The molecule has 3 rings (SSSR count). The molecule has 0 radical (unpaired) electrons. The van der Waals surface area contributed by atoms with E-state index in [9.17, 15) is 14.0 Å². The van der Waals surface area contributed by atoms with Crippen molar-refractivity contribution in [1.82, 2.24) is 9.96 Å². The topological polar surface area (TPSA) is 75.9 Å². The predicted molar refractivity (Wildman–Crippen MR) is 65.8 cm³/mol. The van der Waals surface area contributed by atoms with Crippen molar-refractivity contribution >= 4 is 28.2 Å². The third-order valence-corrected chi connectivity index (χ3v) is 4.30. The Balaban J connectivity index is 1.87. The standard InChI is InChI=1S/C11H12FN3O3S/c1-14-8(16)2-3-11(12,10(14)17)15-4-6-7(18-15)5-19-9(6)13/h5H,2-4,13H2,1H3/t11-/m1/s1. The van der Waals surface area contributed by atoms with Gasteiger partial charge in [-0.1, -0.05) is 5.06 Å². The van der Waals surface area contributed by atoms with E-state index >= 15 is 0 Å². The van der Waals surface area contributed by atoms with Crippen LogP contribution in [0, 0.1) is 0 Å². The average Bonchev–Trinajstić information content (AvgIpc) is 2.95. The fourth-order valence-electron chi connectivity index (χ4n) is 2.25. The lowest BCUT2D eigenvalue weighted by atomic mass is 10.0. The summed E-state index contributed by atoms with van der Waals surface area (Å²) < 4.78 is 14.9. The minimum absolute atomic E-state index is 0.0269. The predicted octanol–water partition coefficient (Wildman–Crippen LogP) is 0.884. The number of carbonyl (C=O) groups excluding carboxylic acids is 2. The molecule has 0 spiro atoms. The minimum atomic E-state index is -2.31. The Labute approximate surface area is 112 Å². The van der Waals surface area contributed by atoms with E-state index < -0.39 is 11.7 Å². The molecule has 2 aliphatic rings. The summed E-state index contributed by atoms with van der Waals surface area (Å²) in [5, 5.41) is 3.20. The van der Waals surface area contributed by atoms with Gasteiger partial charge in [0.05, 0.1) is 11.5 Å². The molecule has 19 heavy (non-hydrogen) atoms. The van der Waals surface area contributed by atoms with Gasteiger partial charge in [-0.15, -0.1) is 11.3 Å². The molecule has 102 valence electrons. The monoisotopic (exact) mass is 285 g/mol. The van der Waals surface area contributed by atoms with Gasteiger partial charge in [0.2, 0.25) is 5.91 Å². The number of rotatable bonds is 1. The Morgan fingerprint density at radius 3 is 2.95 bits per heavy atom. The van der Waals surface area contributed by atoms with E-state index in [1.807, 2.05) is 0 Å². The summed E-state index contributed by atoms with van der Waals surface area (Å²) in [5.74, 6) is -3.11. The number of amides is 2. The Hall–Kier alpha value is -1.67. The van der Waals surface area contributed by atoms with E-state index in [-0.39, 0.29) is 25.3 Å². The Kier molecular flexibility index (Phi) is 2.55. The van der Waals surface area contributed by atoms with Gasteiger partial charge in [0, 0.05) is 30.8 Å². The fraction of sp³-hybridized carbons (Fsp3) is 0.455. The molecule has 2 N–H and O–H groups in total. The molecule has 1 aromatic rings. The van der Waals surface area contributed by atoms with Crippen LogP contribution in [-0.2, 0) is 16.1 Å². The first-order chi connectivity index (χ1) is 8.93. The quantitative estimate of drug-likeness (QED) is 0.612. The number of hydrogen-bond acceptors (Lipinski definition) is 6. The molecule has 1 atom stereocenters. The van der Waals surface area contributed by atoms with Crippen LogP contribution in [0.2, 0.25) is 0 Å². The minimum Gasteiger partial charge on any atom is -0.401 e. The van der Waals surface area contributed by atoms with Gasteiger partial charge in [-0.25, -0.2) is 4.39 Å². The van der Waals surface area contributed by atoms with Crippen molar-refractivity contribution in [3.63, 3.8) is 0 Å². The van der Waals surface area contributed by atoms with Crippen LogP contribution >= 0.6 is 11.3 Å². The Bertz CT molecular complexity index is 576. The SMILES string of the molecule is CN1C(=O)CC[C@@](F)(N2Cc3c(csc3N)O2)C1=O. The summed E-state index contributed by atoms with van der Waals surface area (Å²) in [6.45, 7) is 0.106. The molecule has 0 aliphatic carbocycles. The van der Waals surface area contributed by atoms with Crippen LogP contribution in [0.15, 0.2) is 5.38 Å². The zero-order valence-corrected chi connectivity index (χ0v) is 11.0. The first-order valence-corrected chi connectivity index (χ1v) is 6.63. The summed E-state index contributed by atoms with van der Waals surface area (Å²) in [6.07, 6.45) is -0.233. The maximum atomic E-state index is 14.9. The summed E-state index contributed by atoms with van der Waals surface area (Å²) >= 11 is 1.31. The highest BCUT2D eigenvalue weighted by Gasteiger charge is 2.54. The van der Waals surface area contributed by atoms with Crippen molar-refractivity contribution in [3.05, 3.63) is 10.9 Å². The highest BCUT2D eigenvalue weighted by atomic mass is 32.1. The summed E-state index contributed by atoms with van der Waals surface area (Å²) in [7, 11) is 1.28. The molecule has 6 nitrogen and oxygen atoms in total. The number of hydroxylamine groups is 2. The molecule has 0 unspecified atom stereocenters. The lowest BCUT2D eigenvalue weighted by Crippen LogP contribution is -2.60. The van der Waals surface area contributed by atoms with Gasteiger partial charge in [-0.3, -0.25) is 14.5 Å². The van der Waals surface area contributed by atoms with Gasteiger partial charge in [-0.05, 0) is 0 Å². The van der Waals surface area contributed by atoms with E-state index in [1.54, 1.807) is 5.38 Å². The number of carbonyl (C=O) groups is 2. The third kappa shape index (κ3) is 1.63. The number of piperidine rings is 1. The zero-order chi connectivity index (χ0) is 13.8. The van der Waals surface area contributed by atoms with E-state index in [2.05, 4.69) is 0 Å². The van der Waals surface area contributed by atoms with Crippen LogP contribution in [0.4, 0.5) is 9.39 Å². The maximum absolute atomic E-state index is 14.9. The highest BCUT2D eigenvalue weighted by molar-refractivity contribution is 7.14. The Morgan fingerprint density at radius 1 is 1.53 bits per heavy atom. The van der Waals surface area contributed by atoms with E-state index in [0.717, 1.165) is 9.96 Å². The number of imide groups is 1. The number of nitrogen functional groups attached to an aromatic ring is 1. The van der Waals surface area contributed by atoms with Crippen molar-refractivity contribution in [2.45, 2.75) is 25.2 Å². The van der Waals surface area contributed by atoms with Crippen LogP contribution in [0.3, 0.4) is 0 Å². The van der Waals surface area contributed by atoms with Crippen LogP contribution in [0.5, 0.6) is 5.75 Å². The molecular formula is C11H12FN3O3S. The first kappa shape index (κ1) is 12.4. The van der Waals surface area contributed by atoms with Gasteiger partial charge >= 0.3 is 0 Å². The maximum Gasteiger partial charge on any atom is 0.285 e. The largest absolute Gasteiger partial charge is 0.401 e. The molecule has 0 bridgehead atoms. The molecule has 1 aromatic heterocycles. The van der Waals surface area contributed by atoms with Crippen LogP contribution in [0.1, 0.15) is 18.4 Å². The molecule has 0 saturated carbocycles. The summed E-state index contributed by atoms with van der Waals surface area (Å²) in [4.78, 5) is 29.5. The van der Waals surface area contributed by atoms with Gasteiger partial charge in [0.15, 0.2) is 5.75 Å². The normalized spacial score (nSPS) is 27.6. The van der Waals surface area contributed by atoms with Crippen LogP contribution < -0.4 is 10.6 Å².